The lowest BCUT2D eigenvalue weighted by Crippen LogP contribution is -2.32. The van der Waals surface area contributed by atoms with Crippen LogP contribution in [-0.4, -0.2) is 9.55 Å². The molecule has 0 bridgehead atoms. The lowest BCUT2D eigenvalue weighted by molar-refractivity contribution is 0.494. The zero-order valence-electron chi connectivity index (χ0n) is 6.14. The van der Waals surface area contributed by atoms with Gasteiger partial charge in [0.25, 0.3) is 5.56 Å². The molecule has 1 heterocycles. The Morgan fingerprint density at radius 1 is 1.45 bits per heavy atom. The van der Waals surface area contributed by atoms with Gasteiger partial charge in [0.15, 0.2) is 0 Å². The summed E-state index contributed by atoms with van der Waals surface area (Å²) in [5.41, 5.74) is -1.49. The normalized spacial score (nSPS) is 10.1. The SMILES string of the molecule is Cc1c(F)n(C)c(=O)[nH]c1=O. The number of hydrogen-bond acceptors (Lipinski definition) is 2. The minimum Gasteiger partial charge on any atom is -0.274 e. The van der Waals surface area contributed by atoms with Crippen LogP contribution < -0.4 is 11.2 Å². The van der Waals surface area contributed by atoms with Gasteiger partial charge in [0.1, 0.15) is 0 Å². The molecule has 0 aliphatic carbocycles. The van der Waals surface area contributed by atoms with Crippen molar-refractivity contribution < 1.29 is 4.39 Å². The Hall–Kier alpha value is -1.39. The third-order valence-corrected chi connectivity index (χ3v) is 1.47. The molecule has 1 aromatic heterocycles. The maximum absolute atomic E-state index is 12.8. The second-order valence-electron chi connectivity index (χ2n) is 2.23. The zero-order chi connectivity index (χ0) is 8.59. The molecule has 0 radical (unpaired) electrons. The number of nitrogens with zero attached hydrogens (tertiary/aromatic N) is 1. The fourth-order valence-corrected chi connectivity index (χ4v) is 0.709. The molecule has 1 N–H and O–H groups in total. The zero-order valence-corrected chi connectivity index (χ0v) is 6.14. The summed E-state index contributed by atoms with van der Waals surface area (Å²) in [5.74, 6) is -0.793. The summed E-state index contributed by atoms with van der Waals surface area (Å²) in [6.45, 7) is 1.31. The summed E-state index contributed by atoms with van der Waals surface area (Å²) in [6.07, 6.45) is 0. The summed E-state index contributed by atoms with van der Waals surface area (Å²) in [4.78, 5) is 23.3. The molecule has 60 valence electrons. The molecule has 0 unspecified atom stereocenters. The fourth-order valence-electron chi connectivity index (χ4n) is 0.709. The summed E-state index contributed by atoms with van der Waals surface area (Å²) in [5, 5.41) is 0. The molecule has 0 amide bonds. The molecule has 0 fully saturated rings. The molecule has 0 saturated heterocycles. The van der Waals surface area contributed by atoms with Crippen LogP contribution in [0.2, 0.25) is 0 Å². The van der Waals surface area contributed by atoms with Gasteiger partial charge < -0.3 is 0 Å². The highest BCUT2D eigenvalue weighted by Gasteiger charge is 2.05. The lowest BCUT2D eigenvalue weighted by atomic mass is 10.4. The van der Waals surface area contributed by atoms with Crippen molar-refractivity contribution in [1.82, 2.24) is 9.55 Å². The van der Waals surface area contributed by atoms with Crippen LogP contribution in [0, 0.1) is 12.9 Å². The van der Waals surface area contributed by atoms with E-state index >= 15 is 0 Å². The number of halogens is 1. The van der Waals surface area contributed by atoms with Crippen molar-refractivity contribution in [2.75, 3.05) is 0 Å². The monoisotopic (exact) mass is 158 g/mol. The van der Waals surface area contributed by atoms with Gasteiger partial charge in [0, 0.05) is 7.05 Å². The summed E-state index contributed by atoms with van der Waals surface area (Å²) in [7, 11) is 1.25. The highest BCUT2D eigenvalue weighted by Crippen LogP contribution is 1.92. The van der Waals surface area contributed by atoms with Crippen molar-refractivity contribution in [2.24, 2.45) is 7.05 Å². The Labute approximate surface area is 61.3 Å². The van der Waals surface area contributed by atoms with Gasteiger partial charge >= 0.3 is 5.69 Å². The molecule has 0 aliphatic rings. The molecule has 0 aliphatic heterocycles. The van der Waals surface area contributed by atoms with Crippen LogP contribution in [0.3, 0.4) is 0 Å². The van der Waals surface area contributed by atoms with Gasteiger partial charge in [0.05, 0.1) is 5.56 Å². The van der Waals surface area contributed by atoms with Crippen LogP contribution >= 0.6 is 0 Å². The van der Waals surface area contributed by atoms with Crippen molar-refractivity contribution in [1.29, 1.82) is 0 Å². The molecule has 1 aromatic rings. The van der Waals surface area contributed by atoms with Crippen LogP contribution in [0.4, 0.5) is 4.39 Å². The Morgan fingerprint density at radius 2 is 2.00 bits per heavy atom. The summed E-state index contributed by atoms with van der Waals surface area (Å²) in [6, 6.07) is 0. The highest BCUT2D eigenvalue weighted by molar-refractivity contribution is 5.03. The van der Waals surface area contributed by atoms with E-state index in [1.165, 1.54) is 14.0 Å². The number of nitrogens with one attached hydrogen (secondary N) is 1. The van der Waals surface area contributed by atoms with E-state index in [1.807, 2.05) is 4.98 Å². The van der Waals surface area contributed by atoms with Crippen molar-refractivity contribution in [3.63, 3.8) is 0 Å². The first-order valence-electron chi connectivity index (χ1n) is 2.99. The molecule has 4 nitrogen and oxygen atoms in total. The molecule has 11 heavy (non-hydrogen) atoms. The van der Waals surface area contributed by atoms with Crippen LogP contribution in [-0.2, 0) is 7.05 Å². The van der Waals surface area contributed by atoms with Crippen molar-refractivity contribution >= 4 is 0 Å². The number of hydrogen-bond donors (Lipinski definition) is 1. The standard InChI is InChI=1S/C6H7FN2O2/c1-3-4(7)9(2)6(11)8-5(3)10/h1-2H3,(H,8,10,11). The van der Waals surface area contributed by atoms with Gasteiger partial charge in [-0.1, -0.05) is 0 Å². The maximum atomic E-state index is 12.8. The third kappa shape index (κ3) is 1.09. The topological polar surface area (TPSA) is 54.9 Å². The second kappa shape index (κ2) is 2.34. The Kier molecular flexibility index (Phi) is 1.64. The predicted octanol–water partition coefficient (Wildman–Crippen LogP) is -0.479. The fraction of sp³-hybridized carbons (Fsp3) is 0.333. The van der Waals surface area contributed by atoms with E-state index < -0.39 is 17.2 Å². The van der Waals surface area contributed by atoms with E-state index in [0.717, 1.165) is 4.57 Å². The molecular weight excluding hydrogens is 151 g/mol. The minimum atomic E-state index is -0.793. The molecule has 0 aromatic carbocycles. The van der Waals surface area contributed by atoms with E-state index in [-0.39, 0.29) is 5.56 Å². The third-order valence-electron chi connectivity index (χ3n) is 1.47. The smallest absolute Gasteiger partial charge is 0.274 e. The van der Waals surface area contributed by atoms with Crippen molar-refractivity contribution in [3.8, 4) is 0 Å². The first-order chi connectivity index (χ1) is 5.04. The first-order valence-corrected chi connectivity index (χ1v) is 2.99. The van der Waals surface area contributed by atoms with Crippen LogP contribution in [0.1, 0.15) is 5.56 Å². The van der Waals surface area contributed by atoms with E-state index in [1.54, 1.807) is 0 Å². The number of H-pyrrole nitrogens is 1. The maximum Gasteiger partial charge on any atom is 0.330 e. The van der Waals surface area contributed by atoms with Gasteiger partial charge in [-0.25, -0.2) is 4.79 Å². The molecule has 0 saturated carbocycles. The van der Waals surface area contributed by atoms with Crippen molar-refractivity contribution in [2.45, 2.75) is 6.92 Å². The quantitative estimate of drug-likeness (QED) is 0.518. The Balaban J connectivity index is 3.73. The molecule has 0 spiro atoms. The molecule has 5 heteroatoms. The van der Waals surface area contributed by atoms with Gasteiger partial charge in [-0.05, 0) is 6.92 Å². The van der Waals surface area contributed by atoms with E-state index in [9.17, 15) is 14.0 Å². The van der Waals surface area contributed by atoms with Crippen LogP contribution in [0.25, 0.3) is 0 Å². The van der Waals surface area contributed by atoms with Gasteiger partial charge in [-0.2, -0.15) is 4.39 Å². The number of rotatable bonds is 0. The van der Waals surface area contributed by atoms with Gasteiger partial charge in [0.2, 0.25) is 5.95 Å². The number of aromatic amines is 1. The second-order valence-corrected chi connectivity index (χ2v) is 2.23. The van der Waals surface area contributed by atoms with Gasteiger partial charge in [-0.3, -0.25) is 14.3 Å². The molecule has 0 atom stereocenters. The molecular formula is C6H7FN2O2. The number of aromatic nitrogens is 2. The largest absolute Gasteiger partial charge is 0.330 e. The Bertz CT molecular complexity index is 356. The van der Waals surface area contributed by atoms with E-state index in [0.29, 0.717) is 0 Å². The summed E-state index contributed by atoms with van der Waals surface area (Å²) >= 11 is 0. The average molecular weight is 158 g/mol. The van der Waals surface area contributed by atoms with Crippen LogP contribution in [0.5, 0.6) is 0 Å². The average Bonchev–Trinajstić information content (AvgIpc) is 1.97. The summed E-state index contributed by atoms with van der Waals surface area (Å²) < 4.78 is 13.5. The lowest BCUT2D eigenvalue weighted by Gasteiger charge is -1.99. The van der Waals surface area contributed by atoms with E-state index in [2.05, 4.69) is 0 Å². The van der Waals surface area contributed by atoms with Gasteiger partial charge in [-0.15, -0.1) is 0 Å². The molecule has 1 rings (SSSR count). The Morgan fingerprint density at radius 3 is 2.55 bits per heavy atom. The van der Waals surface area contributed by atoms with Crippen LogP contribution in [0.15, 0.2) is 9.59 Å². The first kappa shape index (κ1) is 7.71. The van der Waals surface area contributed by atoms with Crippen molar-refractivity contribution in [3.05, 3.63) is 32.3 Å². The predicted molar refractivity (Wildman–Crippen MR) is 37.0 cm³/mol. The minimum absolute atomic E-state index is 0.0768. The van der Waals surface area contributed by atoms with E-state index in [4.69, 9.17) is 0 Å². The highest BCUT2D eigenvalue weighted by atomic mass is 19.1.